The predicted molar refractivity (Wildman–Crippen MR) is 67.6 cm³/mol. The zero-order valence-corrected chi connectivity index (χ0v) is 10.8. The molecule has 0 bridgehead atoms. The lowest BCUT2D eigenvalue weighted by molar-refractivity contribution is -0.152. The minimum atomic E-state index is -4.61. The molecule has 0 aromatic heterocycles. The number of amidine groups is 1. The van der Waals surface area contributed by atoms with E-state index in [1.807, 2.05) is 6.92 Å². The van der Waals surface area contributed by atoms with Gasteiger partial charge in [-0.05, 0) is 24.6 Å². The maximum Gasteiger partial charge on any atom is 0.400 e. The lowest BCUT2D eigenvalue weighted by Crippen LogP contribution is -2.40. The van der Waals surface area contributed by atoms with E-state index < -0.39 is 24.5 Å². The first kappa shape index (κ1) is 15.4. The van der Waals surface area contributed by atoms with Crippen molar-refractivity contribution in [3.8, 4) is 0 Å². The first-order valence-corrected chi connectivity index (χ1v) is 5.67. The Kier molecular flexibility index (Phi) is 4.88. The molecule has 4 N–H and O–H groups in total. The van der Waals surface area contributed by atoms with Crippen molar-refractivity contribution in [2.24, 2.45) is 16.8 Å². The Hall–Kier alpha value is -1.63. The third-order valence-electron chi connectivity index (χ3n) is 2.49. The summed E-state index contributed by atoms with van der Waals surface area (Å²) in [6.07, 6.45) is -4.61. The predicted octanol–water partition coefficient (Wildman–Crippen LogP) is 2.99. The van der Waals surface area contributed by atoms with Crippen molar-refractivity contribution in [2.75, 3.05) is 11.9 Å². The first-order valence-electron chi connectivity index (χ1n) is 5.30. The zero-order valence-electron chi connectivity index (χ0n) is 10.0. The van der Waals surface area contributed by atoms with E-state index in [1.165, 1.54) is 0 Å². The van der Waals surface area contributed by atoms with Crippen LogP contribution in [0.25, 0.3) is 0 Å². The van der Waals surface area contributed by atoms with E-state index in [4.69, 9.17) is 22.5 Å². The van der Waals surface area contributed by atoms with Gasteiger partial charge in [-0.2, -0.15) is 13.2 Å². The molecule has 8 heteroatoms. The van der Waals surface area contributed by atoms with Gasteiger partial charge >= 0.3 is 6.18 Å². The standard InChI is InChI=1S/C11H13ClF3N3O/c1-6-2-3-9(8(12)4-6)17-5-7(10(16)18-19)11(13,14)15/h2-4,7,17,19H,5H2,1H3,(H2,16,18). The number of rotatable bonds is 4. The molecule has 0 aliphatic heterocycles. The van der Waals surface area contributed by atoms with Crippen molar-refractivity contribution in [3.05, 3.63) is 28.8 Å². The van der Waals surface area contributed by atoms with Gasteiger partial charge in [0.15, 0.2) is 5.84 Å². The van der Waals surface area contributed by atoms with E-state index in [1.54, 1.807) is 18.2 Å². The van der Waals surface area contributed by atoms with E-state index in [0.717, 1.165) is 5.56 Å². The second kappa shape index (κ2) is 6.01. The van der Waals surface area contributed by atoms with Crippen LogP contribution in [-0.4, -0.2) is 23.8 Å². The minimum absolute atomic E-state index is 0.306. The molecule has 1 aromatic carbocycles. The molecule has 19 heavy (non-hydrogen) atoms. The molecule has 0 heterocycles. The van der Waals surface area contributed by atoms with Gasteiger partial charge in [0.25, 0.3) is 0 Å². The van der Waals surface area contributed by atoms with Crippen LogP contribution in [0.1, 0.15) is 5.56 Å². The summed E-state index contributed by atoms with van der Waals surface area (Å²) in [6, 6.07) is 4.90. The number of aryl methyl sites for hydroxylation is 1. The van der Waals surface area contributed by atoms with Gasteiger partial charge in [-0.15, -0.1) is 0 Å². The number of anilines is 1. The number of hydrogen-bond donors (Lipinski definition) is 3. The lowest BCUT2D eigenvalue weighted by atomic mass is 10.1. The van der Waals surface area contributed by atoms with Crippen LogP contribution < -0.4 is 11.1 Å². The normalized spacial score (nSPS) is 14.3. The molecule has 0 aliphatic carbocycles. The van der Waals surface area contributed by atoms with Crippen LogP contribution in [0, 0.1) is 12.8 Å². The summed E-state index contributed by atoms with van der Waals surface area (Å²) in [7, 11) is 0. The van der Waals surface area contributed by atoms with Crippen LogP contribution >= 0.6 is 11.6 Å². The molecule has 1 unspecified atom stereocenters. The number of alkyl halides is 3. The number of benzene rings is 1. The van der Waals surface area contributed by atoms with Gasteiger partial charge in [-0.1, -0.05) is 22.8 Å². The molecule has 0 saturated carbocycles. The molecule has 1 atom stereocenters. The Balaban J connectivity index is 2.82. The van der Waals surface area contributed by atoms with Crippen molar-refractivity contribution < 1.29 is 18.4 Å². The summed E-state index contributed by atoms with van der Waals surface area (Å²) >= 11 is 5.89. The summed E-state index contributed by atoms with van der Waals surface area (Å²) in [4.78, 5) is 0. The van der Waals surface area contributed by atoms with Crippen molar-refractivity contribution in [1.82, 2.24) is 0 Å². The summed E-state index contributed by atoms with van der Waals surface area (Å²) in [6.45, 7) is 1.24. The summed E-state index contributed by atoms with van der Waals surface area (Å²) in [5.74, 6) is -2.99. The van der Waals surface area contributed by atoms with Crippen molar-refractivity contribution in [1.29, 1.82) is 0 Å². The lowest BCUT2D eigenvalue weighted by Gasteiger charge is -2.20. The number of nitrogens with one attached hydrogen (secondary N) is 1. The molecule has 106 valence electrons. The zero-order chi connectivity index (χ0) is 14.6. The van der Waals surface area contributed by atoms with E-state index in [-0.39, 0.29) is 0 Å². The van der Waals surface area contributed by atoms with Crippen LogP contribution in [0.3, 0.4) is 0 Å². The maximum absolute atomic E-state index is 12.7. The fraction of sp³-hybridized carbons (Fsp3) is 0.364. The number of nitrogens with zero attached hydrogens (tertiary/aromatic N) is 1. The van der Waals surface area contributed by atoms with Crippen LogP contribution in [0.15, 0.2) is 23.4 Å². The van der Waals surface area contributed by atoms with Gasteiger partial charge in [0.2, 0.25) is 0 Å². The fourth-order valence-electron chi connectivity index (χ4n) is 1.43. The molecule has 0 spiro atoms. The SMILES string of the molecule is Cc1ccc(NCC(/C(N)=N/O)C(F)(F)F)c(Cl)c1. The molecule has 0 amide bonds. The van der Waals surface area contributed by atoms with Crippen LogP contribution in [0.5, 0.6) is 0 Å². The van der Waals surface area contributed by atoms with Gasteiger partial charge in [0, 0.05) is 6.54 Å². The monoisotopic (exact) mass is 295 g/mol. The highest BCUT2D eigenvalue weighted by molar-refractivity contribution is 6.33. The fourth-order valence-corrected chi connectivity index (χ4v) is 1.74. The second-order valence-electron chi connectivity index (χ2n) is 3.98. The Morgan fingerprint density at radius 3 is 2.63 bits per heavy atom. The number of nitrogens with two attached hydrogens (primary N) is 1. The molecule has 0 saturated heterocycles. The number of halogens is 4. The maximum atomic E-state index is 12.7. The highest BCUT2D eigenvalue weighted by Crippen LogP contribution is 2.28. The molecular weight excluding hydrogens is 283 g/mol. The van der Waals surface area contributed by atoms with Gasteiger partial charge in [-0.25, -0.2) is 0 Å². The van der Waals surface area contributed by atoms with Crippen LogP contribution in [-0.2, 0) is 0 Å². The number of oxime groups is 1. The van der Waals surface area contributed by atoms with E-state index in [0.29, 0.717) is 10.7 Å². The Bertz CT molecular complexity index is 477. The molecule has 1 rings (SSSR count). The highest BCUT2D eigenvalue weighted by Gasteiger charge is 2.42. The van der Waals surface area contributed by atoms with E-state index in [9.17, 15) is 13.2 Å². The van der Waals surface area contributed by atoms with Crippen molar-refractivity contribution in [3.63, 3.8) is 0 Å². The summed E-state index contributed by atoms with van der Waals surface area (Å²) < 4.78 is 38.0. The largest absolute Gasteiger partial charge is 0.409 e. The van der Waals surface area contributed by atoms with Crippen LogP contribution in [0.4, 0.5) is 18.9 Å². The van der Waals surface area contributed by atoms with Crippen molar-refractivity contribution in [2.45, 2.75) is 13.1 Å². The summed E-state index contributed by atoms with van der Waals surface area (Å²) in [5, 5.41) is 13.6. The van der Waals surface area contributed by atoms with Gasteiger partial charge in [-0.3, -0.25) is 0 Å². The quantitative estimate of drug-likeness (QED) is 0.346. The Labute approximate surface area is 113 Å². The smallest absolute Gasteiger partial charge is 0.400 e. The molecule has 0 fully saturated rings. The molecule has 4 nitrogen and oxygen atoms in total. The first-order chi connectivity index (χ1) is 8.75. The third-order valence-corrected chi connectivity index (χ3v) is 2.80. The van der Waals surface area contributed by atoms with E-state index in [2.05, 4.69) is 10.5 Å². The Morgan fingerprint density at radius 1 is 1.53 bits per heavy atom. The molecule has 0 radical (unpaired) electrons. The number of hydrogen-bond acceptors (Lipinski definition) is 3. The minimum Gasteiger partial charge on any atom is -0.409 e. The van der Waals surface area contributed by atoms with Crippen molar-refractivity contribution >= 4 is 23.1 Å². The van der Waals surface area contributed by atoms with Gasteiger partial charge < -0.3 is 16.3 Å². The third kappa shape index (κ3) is 4.20. The average molecular weight is 296 g/mol. The van der Waals surface area contributed by atoms with Crippen LogP contribution in [0.2, 0.25) is 5.02 Å². The average Bonchev–Trinajstić information content (AvgIpc) is 2.29. The topological polar surface area (TPSA) is 70.6 Å². The van der Waals surface area contributed by atoms with Gasteiger partial charge in [0.05, 0.1) is 10.7 Å². The Morgan fingerprint density at radius 2 is 2.16 bits per heavy atom. The molecule has 1 aromatic rings. The molecular formula is C11H13ClF3N3O. The summed E-state index contributed by atoms with van der Waals surface area (Å²) in [5.41, 5.74) is 6.28. The second-order valence-corrected chi connectivity index (χ2v) is 4.39. The van der Waals surface area contributed by atoms with Gasteiger partial charge in [0.1, 0.15) is 5.92 Å². The van der Waals surface area contributed by atoms with E-state index >= 15 is 0 Å². The highest BCUT2D eigenvalue weighted by atomic mass is 35.5. The molecule has 0 aliphatic rings.